The smallest absolute Gasteiger partial charge is 0.317 e. The van der Waals surface area contributed by atoms with Crippen molar-refractivity contribution in [1.82, 2.24) is 15.2 Å². The van der Waals surface area contributed by atoms with Gasteiger partial charge in [-0.25, -0.2) is 9.78 Å². The van der Waals surface area contributed by atoms with Gasteiger partial charge in [-0.3, -0.25) is 0 Å². The van der Waals surface area contributed by atoms with Gasteiger partial charge in [-0.2, -0.15) is 0 Å². The van der Waals surface area contributed by atoms with Crippen molar-refractivity contribution < 1.29 is 4.79 Å². The highest BCUT2D eigenvalue weighted by Crippen LogP contribution is 2.16. The summed E-state index contributed by atoms with van der Waals surface area (Å²) in [5.41, 5.74) is 0. The summed E-state index contributed by atoms with van der Waals surface area (Å²) in [4.78, 5) is 18.0. The van der Waals surface area contributed by atoms with E-state index in [-0.39, 0.29) is 12.1 Å². The monoisotopic (exact) mass is 239 g/mol. The Morgan fingerprint density at radius 1 is 1.50 bits per heavy atom. The number of carbonyl (C=O) groups is 1. The topological polar surface area (TPSA) is 45.2 Å². The van der Waals surface area contributed by atoms with Crippen molar-refractivity contribution >= 4 is 17.4 Å². The van der Waals surface area contributed by atoms with Gasteiger partial charge >= 0.3 is 6.03 Å². The van der Waals surface area contributed by atoms with Crippen molar-refractivity contribution in [1.29, 1.82) is 0 Å². The Bertz CT molecular complexity index is 333. The first kappa shape index (κ1) is 11.4. The third-order valence-corrected chi connectivity index (χ3v) is 3.76. The van der Waals surface area contributed by atoms with Crippen LogP contribution in [0.15, 0.2) is 11.6 Å². The molecule has 0 spiro atoms. The Morgan fingerprint density at radius 2 is 2.25 bits per heavy atom. The van der Waals surface area contributed by atoms with Crippen molar-refractivity contribution in [3.05, 3.63) is 16.6 Å². The van der Waals surface area contributed by atoms with E-state index in [0.29, 0.717) is 0 Å². The number of thiazole rings is 1. The highest BCUT2D eigenvalue weighted by atomic mass is 32.1. The highest BCUT2D eigenvalue weighted by Gasteiger charge is 2.19. The summed E-state index contributed by atoms with van der Waals surface area (Å²) in [6, 6.07) is 0.0526. The third-order valence-electron chi connectivity index (χ3n) is 2.81. The molecule has 0 saturated carbocycles. The van der Waals surface area contributed by atoms with E-state index in [9.17, 15) is 4.79 Å². The number of likely N-dealkylation sites (tertiary alicyclic amines) is 1. The molecule has 1 aromatic heterocycles. The van der Waals surface area contributed by atoms with Crippen LogP contribution in [0.25, 0.3) is 0 Å². The van der Waals surface area contributed by atoms with Gasteiger partial charge in [0.25, 0.3) is 0 Å². The molecule has 1 saturated heterocycles. The van der Waals surface area contributed by atoms with Crippen molar-refractivity contribution in [2.45, 2.75) is 32.2 Å². The Hall–Kier alpha value is -1.10. The van der Waals surface area contributed by atoms with Gasteiger partial charge in [0, 0.05) is 24.7 Å². The van der Waals surface area contributed by atoms with Gasteiger partial charge in [-0.05, 0) is 26.2 Å². The minimum Gasteiger partial charge on any atom is -0.329 e. The zero-order chi connectivity index (χ0) is 11.4. The summed E-state index contributed by atoms with van der Waals surface area (Å²) in [5.74, 6) is 0. The molecule has 2 rings (SSSR count). The summed E-state index contributed by atoms with van der Waals surface area (Å²) in [6.45, 7) is 3.74. The van der Waals surface area contributed by atoms with E-state index in [2.05, 4.69) is 10.3 Å². The lowest BCUT2D eigenvalue weighted by Crippen LogP contribution is -2.43. The maximum Gasteiger partial charge on any atom is 0.317 e. The molecule has 1 aliphatic heterocycles. The predicted octanol–water partition coefficient (Wildman–Crippen LogP) is 2.40. The van der Waals surface area contributed by atoms with Crippen molar-refractivity contribution in [2.24, 2.45) is 0 Å². The largest absolute Gasteiger partial charge is 0.329 e. The van der Waals surface area contributed by atoms with E-state index in [1.807, 2.05) is 17.2 Å². The van der Waals surface area contributed by atoms with E-state index in [1.54, 1.807) is 17.5 Å². The number of hydrogen-bond acceptors (Lipinski definition) is 3. The van der Waals surface area contributed by atoms with Gasteiger partial charge in [0.15, 0.2) is 0 Å². The van der Waals surface area contributed by atoms with Crippen LogP contribution in [0, 0.1) is 0 Å². The van der Waals surface area contributed by atoms with Gasteiger partial charge in [0.2, 0.25) is 0 Å². The van der Waals surface area contributed by atoms with E-state index >= 15 is 0 Å². The molecule has 1 aliphatic rings. The number of piperidine rings is 1. The van der Waals surface area contributed by atoms with Crippen LogP contribution in [-0.2, 0) is 0 Å². The maximum atomic E-state index is 11.9. The number of carbonyl (C=O) groups excluding carboxylic acids is 1. The number of amides is 2. The molecule has 0 aliphatic carbocycles. The lowest BCUT2D eigenvalue weighted by molar-refractivity contribution is 0.183. The number of rotatable bonds is 2. The molecule has 1 atom stereocenters. The highest BCUT2D eigenvalue weighted by molar-refractivity contribution is 7.09. The van der Waals surface area contributed by atoms with Crippen LogP contribution in [0.4, 0.5) is 4.79 Å². The molecule has 2 amide bonds. The minimum atomic E-state index is 0.00873. The average molecular weight is 239 g/mol. The van der Waals surface area contributed by atoms with Crippen molar-refractivity contribution in [3.8, 4) is 0 Å². The van der Waals surface area contributed by atoms with Gasteiger partial charge in [0.05, 0.1) is 6.04 Å². The Kier molecular flexibility index (Phi) is 3.77. The molecule has 16 heavy (non-hydrogen) atoms. The zero-order valence-electron chi connectivity index (χ0n) is 9.48. The Morgan fingerprint density at radius 3 is 2.88 bits per heavy atom. The van der Waals surface area contributed by atoms with E-state index < -0.39 is 0 Å². The number of nitrogens with zero attached hydrogens (tertiary/aromatic N) is 2. The van der Waals surface area contributed by atoms with Crippen molar-refractivity contribution in [3.63, 3.8) is 0 Å². The average Bonchev–Trinajstić information content (AvgIpc) is 2.83. The molecule has 4 nitrogen and oxygen atoms in total. The number of hydrogen-bond donors (Lipinski definition) is 1. The molecule has 1 N–H and O–H groups in total. The fourth-order valence-corrected chi connectivity index (χ4v) is 2.53. The minimum absolute atomic E-state index is 0.00873. The molecule has 2 heterocycles. The third kappa shape index (κ3) is 2.72. The van der Waals surface area contributed by atoms with Crippen LogP contribution in [0.5, 0.6) is 0 Å². The fourth-order valence-electron chi connectivity index (χ4n) is 1.88. The maximum absolute atomic E-state index is 11.9. The Labute approximate surface area is 99.7 Å². The van der Waals surface area contributed by atoms with Crippen LogP contribution in [0.2, 0.25) is 0 Å². The van der Waals surface area contributed by atoms with Crippen LogP contribution >= 0.6 is 11.3 Å². The van der Waals surface area contributed by atoms with E-state index in [4.69, 9.17) is 0 Å². The predicted molar refractivity (Wildman–Crippen MR) is 64.5 cm³/mol. The second-order valence-corrected chi connectivity index (χ2v) is 5.02. The first-order valence-electron chi connectivity index (χ1n) is 5.72. The lowest BCUT2D eigenvalue weighted by Gasteiger charge is -2.28. The summed E-state index contributed by atoms with van der Waals surface area (Å²) < 4.78 is 0. The second kappa shape index (κ2) is 5.30. The lowest BCUT2D eigenvalue weighted by atomic mass is 10.1. The normalized spacial score (nSPS) is 18.2. The number of urea groups is 1. The molecule has 0 aromatic carbocycles. The molecule has 1 unspecified atom stereocenters. The number of aromatic nitrogens is 1. The molecular weight excluding hydrogens is 222 g/mol. The Balaban J connectivity index is 1.86. The van der Waals surface area contributed by atoms with Crippen LogP contribution < -0.4 is 5.32 Å². The summed E-state index contributed by atoms with van der Waals surface area (Å²) >= 11 is 1.58. The van der Waals surface area contributed by atoms with Gasteiger partial charge in [-0.15, -0.1) is 11.3 Å². The van der Waals surface area contributed by atoms with E-state index in [0.717, 1.165) is 30.9 Å². The molecule has 88 valence electrons. The summed E-state index contributed by atoms with van der Waals surface area (Å²) in [5, 5.41) is 5.88. The molecule has 1 aromatic rings. The molecule has 0 bridgehead atoms. The molecule has 0 radical (unpaired) electrons. The van der Waals surface area contributed by atoms with Gasteiger partial charge in [0.1, 0.15) is 5.01 Å². The van der Waals surface area contributed by atoms with Crippen molar-refractivity contribution in [2.75, 3.05) is 13.1 Å². The second-order valence-electron chi connectivity index (χ2n) is 4.09. The quantitative estimate of drug-likeness (QED) is 0.861. The number of nitrogens with one attached hydrogen (secondary N) is 1. The van der Waals surface area contributed by atoms with Gasteiger partial charge in [-0.1, -0.05) is 0 Å². The van der Waals surface area contributed by atoms with Crippen LogP contribution in [0.3, 0.4) is 0 Å². The first-order valence-corrected chi connectivity index (χ1v) is 6.60. The standard InChI is InChI=1S/C11H17N3OS/c1-9(10-12-5-8-16-10)13-11(15)14-6-3-2-4-7-14/h5,8-9H,2-4,6-7H2,1H3,(H,13,15). The summed E-state index contributed by atoms with van der Waals surface area (Å²) in [7, 11) is 0. The van der Waals surface area contributed by atoms with E-state index in [1.165, 1.54) is 6.42 Å². The molecule has 5 heteroatoms. The molecular formula is C11H17N3OS. The molecule has 1 fully saturated rings. The van der Waals surface area contributed by atoms with Crippen LogP contribution in [0.1, 0.15) is 37.2 Å². The zero-order valence-corrected chi connectivity index (χ0v) is 10.3. The SMILES string of the molecule is CC(NC(=O)N1CCCCC1)c1nccs1. The van der Waals surface area contributed by atoms with Crippen LogP contribution in [-0.4, -0.2) is 29.0 Å². The summed E-state index contributed by atoms with van der Waals surface area (Å²) in [6.07, 6.45) is 5.26. The van der Waals surface area contributed by atoms with Gasteiger partial charge < -0.3 is 10.2 Å². The first-order chi connectivity index (χ1) is 7.77. The fraction of sp³-hybridized carbons (Fsp3) is 0.636.